The van der Waals surface area contributed by atoms with Crippen molar-refractivity contribution in [3.8, 4) is 0 Å². The maximum absolute atomic E-state index is 5.43. The summed E-state index contributed by atoms with van der Waals surface area (Å²) < 4.78 is 6.84. The van der Waals surface area contributed by atoms with E-state index >= 15 is 0 Å². The SMILES string of the molecule is Cc1cc(Cn2cc(CCCN)nn2)on1. The molecule has 2 rings (SSSR count). The molecule has 0 bridgehead atoms. The molecule has 0 aliphatic carbocycles. The van der Waals surface area contributed by atoms with Gasteiger partial charge in [0.15, 0.2) is 5.76 Å². The molecule has 0 unspecified atom stereocenters. The topological polar surface area (TPSA) is 82.8 Å². The van der Waals surface area contributed by atoms with Gasteiger partial charge >= 0.3 is 0 Å². The Hall–Kier alpha value is -1.69. The van der Waals surface area contributed by atoms with Crippen LogP contribution in [0.2, 0.25) is 0 Å². The van der Waals surface area contributed by atoms with E-state index in [2.05, 4.69) is 15.5 Å². The minimum Gasteiger partial charge on any atom is -0.359 e. The minimum absolute atomic E-state index is 0.566. The van der Waals surface area contributed by atoms with Gasteiger partial charge in [-0.1, -0.05) is 10.4 Å². The molecular weight excluding hydrogens is 206 g/mol. The van der Waals surface area contributed by atoms with Crippen molar-refractivity contribution in [2.75, 3.05) is 6.54 Å². The van der Waals surface area contributed by atoms with E-state index < -0.39 is 0 Å². The molecule has 0 saturated carbocycles. The Balaban J connectivity index is 1.97. The van der Waals surface area contributed by atoms with E-state index in [9.17, 15) is 0 Å². The average Bonchev–Trinajstić information content (AvgIpc) is 2.86. The normalized spacial score (nSPS) is 10.9. The zero-order chi connectivity index (χ0) is 11.4. The zero-order valence-electron chi connectivity index (χ0n) is 9.26. The molecule has 2 heterocycles. The third-order valence-electron chi connectivity index (χ3n) is 2.22. The second-order valence-electron chi connectivity index (χ2n) is 3.73. The van der Waals surface area contributed by atoms with Crippen LogP contribution in [0, 0.1) is 6.92 Å². The van der Waals surface area contributed by atoms with Crippen LogP contribution < -0.4 is 5.73 Å². The van der Waals surface area contributed by atoms with E-state index in [1.54, 1.807) is 4.68 Å². The lowest BCUT2D eigenvalue weighted by Gasteiger charge is -1.93. The van der Waals surface area contributed by atoms with E-state index in [1.807, 2.05) is 19.2 Å². The highest BCUT2D eigenvalue weighted by molar-refractivity contribution is 5.04. The summed E-state index contributed by atoms with van der Waals surface area (Å²) in [6, 6.07) is 1.89. The van der Waals surface area contributed by atoms with E-state index in [0.29, 0.717) is 13.1 Å². The van der Waals surface area contributed by atoms with Gasteiger partial charge in [-0.05, 0) is 26.3 Å². The lowest BCUT2D eigenvalue weighted by Crippen LogP contribution is -2.00. The quantitative estimate of drug-likeness (QED) is 0.795. The highest BCUT2D eigenvalue weighted by Gasteiger charge is 2.04. The molecule has 6 heteroatoms. The van der Waals surface area contributed by atoms with Crippen LogP contribution in [-0.4, -0.2) is 26.7 Å². The van der Waals surface area contributed by atoms with Crippen molar-refractivity contribution in [2.45, 2.75) is 26.3 Å². The van der Waals surface area contributed by atoms with Gasteiger partial charge in [0.2, 0.25) is 0 Å². The molecule has 0 radical (unpaired) electrons. The van der Waals surface area contributed by atoms with Crippen LogP contribution in [0.15, 0.2) is 16.8 Å². The summed E-state index contributed by atoms with van der Waals surface area (Å²) in [6.45, 7) is 3.13. The Kier molecular flexibility index (Phi) is 3.31. The maximum Gasteiger partial charge on any atom is 0.158 e. The molecule has 0 atom stereocenters. The van der Waals surface area contributed by atoms with Crippen molar-refractivity contribution in [2.24, 2.45) is 5.73 Å². The fraction of sp³-hybridized carbons (Fsp3) is 0.500. The van der Waals surface area contributed by atoms with Crippen molar-refractivity contribution < 1.29 is 4.52 Å². The van der Waals surface area contributed by atoms with Crippen LogP contribution in [0.25, 0.3) is 0 Å². The van der Waals surface area contributed by atoms with Crippen LogP contribution in [0.4, 0.5) is 0 Å². The lowest BCUT2D eigenvalue weighted by atomic mass is 10.2. The van der Waals surface area contributed by atoms with Crippen LogP contribution in [0.3, 0.4) is 0 Å². The van der Waals surface area contributed by atoms with Crippen LogP contribution in [-0.2, 0) is 13.0 Å². The first-order valence-corrected chi connectivity index (χ1v) is 5.29. The second kappa shape index (κ2) is 4.89. The largest absolute Gasteiger partial charge is 0.359 e. The minimum atomic E-state index is 0.566. The number of nitrogens with zero attached hydrogens (tertiary/aromatic N) is 4. The first-order chi connectivity index (χ1) is 7.78. The highest BCUT2D eigenvalue weighted by atomic mass is 16.5. The van der Waals surface area contributed by atoms with Gasteiger partial charge in [-0.15, -0.1) is 5.10 Å². The summed E-state index contributed by atoms with van der Waals surface area (Å²) in [7, 11) is 0. The molecule has 6 nitrogen and oxygen atoms in total. The van der Waals surface area contributed by atoms with Crippen molar-refractivity contribution in [3.63, 3.8) is 0 Å². The number of rotatable bonds is 5. The molecule has 0 amide bonds. The standard InChI is InChI=1S/C10H15N5O/c1-8-5-10(16-13-8)7-15-6-9(12-14-15)3-2-4-11/h5-6H,2-4,7,11H2,1H3. The molecule has 0 aromatic carbocycles. The Morgan fingerprint density at radius 2 is 2.38 bits per heavy atom. The van der Waals surface area contributed by atoms with E-state index in [1.165, 1.54) is 0 Å². The number of nitrogens with two attached hydrogens (primary N) is 1. The third-order valence-corrected chi connectivity index (χ3v) is 2.22. The van der Waals surface area contributed by atoms with Crippen molar-refractivity contribution in [1.29, 1.82) is 0 Å². The van der Waals surface area contributed by atoms with Crippen molar-refractivity contribution >= 4 is 0 Å². The number of hydrogen-bond donors (Lipinski definition) is 1. The Bertz CT molecular complexity index is 448. The lowest BCUT2D eigenvalue weighted by molar-refractivity contribution is 0.367. The van der Waals surface area contributed by atoms with Gasteiger partial charge in [0, 0.05) is 12.3 Å². The Labute approximate surface area is 93.4 Å². The summed E-state index contributed by atoms with van der Waals surface area (Å²) in [4.78, 5) is 0. The predicted molar refractivity (Wildman–Crippen MR) is 57.7 cm³/mol. The molecule has 2 N–H and O–H groups in total. The molecule has 0 fully saturated rings. The Morgan fingerprint density at radius 3 is 3.06 bits per heavy atom. The number of hydrogen-bond acceptors (Lipinski definition) is 5. The first-order valence-electron chi connectivity index (χ1n) is 5.29. The summed E-state index contributed by atoms with van der Waals surface area (Å²) in [5, 5.41) is 11.9. The summed E-state index contributed by atoms with van der Waals surface area (Å²) in [6.07, 6.45) is 3.71. The van der Waals surface area contributed by atoms with E-state index in [-0.39, 0.29) is 0 Å². The molecule has 0 aliphatic heterocycles. The van der Waals surface area contributed by atoms with E-state index in [4.69, 9.17) is 10.3 Å². The van der Waals surface area contributed by atoms with Crippen LogP contribution in [0.5, 0.6) is 0 Å². The number of aromatic nitrogens is 4. The highest BCUT2D eigenvalue weighted by Crippen LogP contribution is 2.05. The summed E-state index contributed by atoms with van der Waals surface area (Å²) >= 11 is 0. The molecule has 16 heavy (non-hydrogen) atoms. The van der Waals surface area contributed by atoms with Gasteiger partial charge in [-0.2, -0.15) is 0 Å². The molecule has 0 saturated heterocycles. The van der Waals surface area contributed by atoms with Gasteiger partial charge in [0.1, 0.15) is 6.54 Å². The first kappa shape index (κ1) is 10.8. The van der Waals surface area contributed by atoms with Crippen LogP contribution in [0.1, 0.15) is 23.6 Å². The average molecular weight is 221 g/mol. The van der Waals surface area contributed by atoms with Gasteiger partial charge in [0.05, 0.1) is 11.4 Å². The number of aryl methyl sites for hydroxylation is 2. The van der Waals surface area contributed by atoms with Gasteiger partial charge in [0.25, 0.3) is 0 Å². The van der Waals surface area contributed by atoms with Crippen LogP contribution >= 0.6 is 0 Å². The summed E-state index contributed by atoms with van der Waals surface area (Å²) in [5.74, 6) is 0.785. The second-order valence-corrected chi connectivity index (χ2v) is 3.73. The molecule has 0 spiro atoms. The molecular formula is C10H15N5O. The van der Waals surface area contributed by atoms with Gasteiger partial charge in [-0.25, -0.2) is 4.68 Å². The zero-order valence-corrected chi connectivity index (χ0v) is 9.26. The molecule has 2 aromatic rings. The molecule has 2 aromatic heterocycles. The maximum atomic E-state index is 5.43. The monoisotopic (exact) mass is 221 g/mol. The smallest absolute Gasteiger partial charge is 0.158 e. The fourth-order valence-electron chi connectivity index (χ4n) is 1.46. The van der Waals surface area contributed by atoms with Gasteiger partial charge < -0.3 is 10.3 Å². The third kappa shape index (κ3) is 2.66. The fourth-order valence-corrected chi connectivity index (χ4v) is 1.46. The molecule has 86 valence electrons. The van der Waals surface area contributed by atoms with E-state index in [0.717, 1.165) is 30.0 Å². The van der Waals surface area contributed by atoms with Gasteiger partial charge in [-0.3, -0.25) is 0 Å². The van der Waals surface area contributed by atoms with Crippen molar-refractivity contribution in [3.05, 3.63) is 29.4 Å². The molecule has 0 aliphatic rings. The summed E-state index contributed by atoms with van der Waals surface area (Å²) in [5.41, 5.74) is 7.26. The Morgan fingerprint density at radius 1 is 1.50 bits per heavy atom. The predicted octanol–water partition coefficient (Wildman–Crippen LogP) is 0.514. The van der Waals surface area contributed by atoms with Crippen molar-refractivity contribution in [1.82, 2.24) is 20.2 Å².